The highest BCUT2D eigenvalue weighted by Crippen LogP contribution is 2.36. The summed E-state index contributed by atoms with van der Waals surface area (Å²) in [4.78, 5) is 11.9. The van der Waals surface area contributed by atoms with Gasteiger partial charge in [-0.1, -0.05) is 48.0 Å². The molecule has 0 bridgehead atoms. The standard InChI is InChI=1S/C20H23ClN2O4S/c1-2-27-20(24)15-22-14-17-18(21)11-6-12-19(17)23(28(22,25)26)13-7-10-16-8-4-3-5-9-16/h3-6,8-9,11-12H,2,7,10,13-15H2,1H3. The zero-order valence-corrected chi connectivity index (χ0v) is 17.2. The van der Waals surface area contributed by atoms with E-state index in [1.54, 1.807) is 25.1 Å². The van der Waals surface area contributed by atoms with E-state index in [1.807, 2.05) is 30.3 Å². The molecular formula is C20H23ClN2O4S. The Labute approximate surface area is 170 Å². The van der Waals surface area contributed by atoms with Gasteiger partial charge in [0, 0.05) is 23.7 Å². The first-order valence-corrected chi connectivity index (χ1v) is 11.0. The van der Waals surface area contributed by atoms with Crippen molar-refractivity contribution in [3.8, 4) is 0 Å². The molecule has 0 spiro atoms. The molecule has 2 aromatic rings. The highest BCUT2D eigenvalue weighted by molar-refractivity contribution is 7.90. The molecule has 8 heteroatoms. The lowest BCUT2D eigenvalue weighted by molar-refractivity contribution is -0.143. The normalized spacial score (nSPS) is 15.9. The van der Waals surface area contributed by atoms with E-state index in [2.05, 4.69) is 0 Å². The monoisotopic (exact) mass is 422 g/mol. The van der Waals surface area contributed by atoms with Crippen LogP contribution in [0.1, 0.15) is 24.5 Å². The van der Waals surface area contributed by atoms with Gasteiger partial charge in [0.05, 0.1) is 12.3 Å². The molecule has 1 heterocycles. The smallest absolute Gasteiger partial charge is 0.321 e. The topological polar surface area (TPSA) is 66.9 Å². The van der Waals surface area contributed by atoms with Gasteiger partial charge in [0.2, 0.25) is 0 Å². The molecule has 2 aromatic carbocycles. The first kappa shape index (κ1) is 20.6. The first-order valence-electron chi connectivity index (χ1n) is 9.18. The molecule has 0 N–H and O–H groups in total. The minimum Gasteiger partial charge on any atom is -0.465 e. The summed E-state index contributed by atoms with van der Waals surface area (Å²) in [7, 11) is -3.86. The molecule has 6 nitrogen and oxygen atoms in total. The van der Waals surface area contributed by atoms with E-state index < -0.39 is 16.2 Å². The highest BCUT2D eigenvalue weighted by Gasteiger charge is 2.38. The van der Waals surface area contributed by atoms with Crippen molar-refractivity contribution in [1.29, 1.82) is 0 Å². The van der Waals surface area contributed by atoms with Crippen LogP contribution in [0.25, 0.3) is 0 Å². The molecule has 0 saturated heterocycles. The summed E-state index contributed by atoms with van der Waals surface area (Å²) in [5, 5.41) is 0.481. The van der Waals surface area contributed by atoms with E-state index in [0.717, 1.165) is 16.3 Å². The van der Waals surface area contributed by atoms with Crippen molar-refractivity contribution >= 4 is 33.5 Å². The predicted molar refractivity (Wildman–Crippen MR) is 110 cm³/mol. The Morgan fingerprint density at radius 1 is 1.14 bits per heavy atom. The van der Waals surface area contributed by atoms with Gasteiger partial charge < -0.3 is 4.74 Å². The molecule has 0 atom stereocenters. The quantitative estimate of drug-likeness (QED) is 0.641. The summed E-state index contributed by atoms with van der Waals surface area (Å²) in [5.74, 6) is -0.578. The predicted octanol–water partition coefficient (Wildman–Crippen LogP) is 3.40. The Morgan fingerprint density at radius 3 is 2.61 bits per heavy atom. The number of nitrogens with zero attached hydrogens (tertiary/aromatic N) is 2. The minimum atomic E-state index is -3.86. The largest absolute Gasteiger partial charge is 0.465 e. The van der Waals surface area contributed by atoms with Crippen molar-refractivity contribution in [2.45, 2.75) is 26.3 Å². The molecule has 0 saturated carbocycles. The average Bonchev–Trinajstić information content (AvgIpc) is 2.66. The summed E-state index contributed by atoms with van der Waals surface area (Å²) in [6.45, 7) is 1.89. The van der Waals surface area contributed by atoms with E-state index in [1.165, 1.54) is 4.31 Å². The van der Waals surface area contributed by atoms with Crippen LogP contribution in [-0.4, -0.2) is 38.4 Å². The summed E-state index contributed by atoms with van der Waals surface area (Å²) in [6, 6.07) is 15.1. The number of ether oxygens (including phenoxy) is 1. The molecular weight excluding hydrogens is 400 g/mol. The van der Waals surface area contributed by atoms with Crippen molar-refractivity contribution in [3.63, 3.8) is 0 Å². The number of halogens is 1. The average molecular weight is 423 g/mol. The van der Waals surface area contributed by atoms with Gasteiger partial charge in [-0.3, -0.25) is 9.10 Å². The Balaban J connectivity index is 1.85. The van der Waals surface area contributed by atoms with Gasteiger partial charge >= 0.3 is 16.2 Å². The van der Waals surface area contributed by atoms with Crippen LogP contribution < -0.4 is 4.31 Å². The van der Waals surface area contributed by atoms with Crippen molar-refractivity contribution in [1.82, 2.24) is 4.31 Å². The van der Waals surface area contributed by atoms with E-state index in [-0.39, 0.29) is 19.7 Å². The fourth-order valence-electron chi connectivity index (χ4n) is 3.25. The molecule has 28 heavy (non-hydrogen) atoms. The molecule has 0 unspecified atom stereocenters. The van der Waals surface area contributed by atoms with Gasteiger partial charge in [0.25, 0.3) is 0 Å². The summed E-state index contributed by atoms with van der Waals surface area (Å²) in [6.07, 6.45) is 1.39. The van der Waals surface area contributed by atoms with Gasteiger partial charge in [-0.25, -0.2) is 0 Å². The maximum atomic E-state index is 13.2. The van der Waals surface area contributed by atoms with Crippen molar-refractivity contribution < 1.29 is 17.9 Å². The number of hydrogen-bond acceptors (Lipinski definition) is 4. The van der Waals surface area contributed by atoms with Gasteiger partial charge in [-0.2, -0.15) is 12.7 Å². The van der Waals surface area contributed by atoms with E-state index in [0.29, 0.717) is 29.2 Å². The Kier molecular flexibility index (Phi) is 6.59. The van der Waals surface area contributed by atoms with Crippen LogP contribution in [0.5, 0.6) is 0 Å². The first-order chi connectivity index (χ1) is 13.4. The summed E-state index contributed by atoms with van der Waals surface area (Å²) in [5.41, 5.74) is 2.41. The third-order valence-corrected chi connectivity index (χ3v) is 6.78. The lowest BCUT2D eigenvalue weighted by Crippen LogP contribution is -2.50. The van der Waals surface area contributed by atoms with Crippen LogP contribution in [-0.2, 0) is 32.7 Å². The molecule has 1 aliphatic heterocycles. The number of anilines is 1. The van der Waals surface area contributed by atoms with Crippen molar-refractivity contribution in [2.75, 3.05) is 24.0 Å². The Morgan fingerprint density at radius 2 is 1.89 bits per heavy atom. The van der Waals surface area contributed by atoms with Gasteiger partial charge in [-0.05, 0) is 37.5 Å². The second kappa shape index (κ2) is 8.94. The molecule has 0 aromatic heterocycles. The van der Waals surface area contributed by atoms with E-state index >= 15 is 0 Å². The molecule has 0 aliphatic carbocycles. The lowest BCUT2D eigenvalue weighted by Gasteiger charge is -2.37. The van der Waals surface area contributed by atoms with Gasteiger partial charge in [0.15, 0.2) is 0 Å². The van der Waals surface area contributed by atoms with Crippen LogP contribution in [0.2, 0.25) is 5.02 Å². The molecule has 0 amide bonds. The third kappa shape index (κ3) is 4.48. The fraction of sp³-hybridized carbons (Fsp3) is 0.350. The lowest BCUT2D eigenvalue weighted by atomic mass is 10.1. The number of esters is 1. The number of hydrogen-bond donors (Lipinski definition) is 0. The van der Waals surface area contributed by atoms with Crippen molar-refractivity contribution in [2.24, 2.45) is 0 Å². The number of rotatable bonds is 7. The molecule has 0 fully saturated rings. The Bertz CT molecular complexity index is 934. The fourth-order valence-corrected chi connectivity index (χ4v) is 5.10. The number of carbonyl (C=O) groups is 1. The maximum absolute atomic E-state index is 13.2. The van der Waals surface area contributed by atoms with Gasteiger partial charge in [0.1, 0.15) is 6.54 Å². The van der Waals surface area contributed by atoms with E-state index in [4.69, 9.17) is 16.3 Å². The molecule has 3 rings (SSSR count). The zero-order chi connectivity index (χ0) is 20.1. The minimum absolute atomic E-state index is 0.0470. The Hall–Kier alpha value is -2.09. The number of carbonyl (C=O) groups excluding carboxylic acids is 1. The van der Waals surface area contributed by atoms with E-state index in [9.17, 15) is 13.2 Å². The molecule has 0 radical (unpaired) electrons. The summed E-state index contributed by atoms with van der Waals surface area (Å²) < 4.78 is 33.7. The van der Waals surface area contributed by atoms with Crippen LogP contribution in [0, 0.1) is 0 Å². The van der Waals surface area contributed by atoms with Crippen LogP contribution >= 0.6 is 11.6 Å². The molecule has 1 aliphatic rings. The number of benzene rings is 2. The number of aryl methyl sites for hydroxylation is 1. The van der Waals surface area contributed by atoms with Gasteiger partial charge in [-0.15, -0.1) is 0 Å². The third-order valence-electron chi connectivity index (χ3n) is 4.58. The summed E-state index contributed by atoms with van der Waals surface area (Å²) >= 11 is 6.33. The highest BCUT2D eigenvalue weighted by atomic mass is 35.5. The zero-order valence-electron chi connectivity index (χ0n) is 15.7. The SMILES string of the molecule is CCOC(=O)CN1Cc2c(Cl)cccc2N(CCCc2ccccc2)S1(=O)=O. The number of fused-ring (bicyclic) bond motifs is 1. The van der Waals surface area contributed by atoms with Crippen molar-refractivity contribution in [3.05, 3.63) is 64.7 Å². The molecule has 150 valence electrons. The van der Waals surface area contributed by atoms with Crippen LogP contribution in [0.15, 0.2) is 48.5 Å². The second-order valence-electron chi connectivity index (χ2n) is 6.48. The van der Waals surface area contributed by atoms with Crippen LogP contribution in [0.4, 0.5) is 5.69 Å². The second-order valence-corrected chi connectivity index (χ2v) is 8.74. The maximum Gasteiger partial charge on any atom is 0.321 e. The van der Waals surface area contributed by atoms with Crippen LogP contribution in [0.3, 0.4) is 0 Å².